The lowest BCUT2D eigenvalue weighted by atomic mass is 9.89. The first-order valence-corrected chi connectivity index (χ1v) is 11.5. The Kier molecular flexibility index (Phi) is 5.05. The minimum atomic E-state index is 0.796. The van der Waals surface area contributed by atoms with Crippen molar-refractivity contribution in [3.05, 3.63) is 16.3 Å². The van der Waals surface area contributed by atoms with Gasteiger partial charge in [-0.1, -0.05) is 6.92 Å². The highest BCUT2D eigenvalue weighted by Crippen LogP contribution is 2.41. The number of piperidine rings is 1. The summed E-state index contributed by atoms with van der Waals surface area (Å²) in [5.74, 6) is 3.02. The summed E-state index contributed by atoms with van der Waals surface area (Å²) in [6.07, 6.45) is 7.64. The lowest BCUT2D eigenvalue weighted by molar-refractivity contribution is 0.0331. The van der Waals surface area contributed by atoms with Crippen LogP contribution in [-0.4, -0.2) is 54.3 Å². The van der Waals surface area contributed by atoms with Gasteiger partial charge in [0.2, 0.25) is 0 Å². The van der Waals surface area contributed by atoms with E-state index >= 15 is 0 Å². The van der Waals surface area contributed by atoms with Gasteiger partial charge >= 0.3 is 0 Å². The predicted molar refractivity (Wildman–Crippen MR) is 111 cm³/mol. The number of nitrogens with zero attached hydrogens (tertiary/aromatic N) is 4. The van der Waals surface area contributed by atoms with E-state index in [0.29, 0.717) is 0 Å². The molecule has 0 amide bonds. The van der Waals surface area contributed by atoms with Crippen molar-refractivity contribution in [1.82, 2.24) is 14.9 Å². The van der Waals surface area contributed by atoms with Crippen molar-refractivity contribution in [1.29, 1.82) is 0 Å². The Morgan fingerprint density at radius 1 is 1.07 bits per heavy atom. The minimum absolute atomic E-state index is 0.796. The van der Waals surface area contributed by atoms with Gasteiger partial charge in [0.1, 0.15) is 16.5 Å². The Bertz CT molecular complexity index is 808. The van der Waals surface area contributed by atoms with Crippen molar-refractivity contribution >= 4 is 27.4 Å². The van der Waals surface area contributed by atoms with Crippen LogP contribution >= 0.6 is 11.3 Å². The Labute approximate surface area is 165 Å². The van der Waals surface area contributed by atoms with Crippen LogP contribution in [0.3, 0.4) is 0 Å². The topological polar surface area (TPSA) is 41.5 Å². The summed E-state index contributed by atoms with van der Waals surface area (Å²) in [7, 11) is 0. The highest BCUT2D eigenvalue weighted by Gasteiger charge is 2.27. The lowest BCUT2D eigenvalue weighted by Gasteiger charge is -2.30. The van der Waals surface area contributed by atoms with Crippen molar-refractivity contribution in [3.63, 3.8) is 0 Å². The lowest BCUT2D eigenvalue weighted by Crippen LogP contribution is -2.36. The first-order valence-electron chi connectivity index (χ1n) is 10.6. The molecule has 6 heteroatoms. The number of hydrogen-bond donors (Lipinski definition) is 0. The molecule has 2 aromatic heterocycles. The van der Waals surface area contributed by atoms with Crippen LogP contribution in [0.15, 0.2) is 0 Å². The highest BCUT2D eigenvalue weighted by molar-refractivity contribution is 7.19. The first-order chi connectivity index (χ1) is 13.3. The fourth-order valence-corrected chi connectivity index (χ4v) is 6.13. The molecule has 2 aliphatic heterocycles. The molecule has 0 radical (unpaired) electrons. The number of anilines is 1. The van der Waals surface area contributed by atoms with Crippen LogP contribution in [0.4, 0.5) is 5.82 Å². The summed E-state index contributed by atoms with van der Waals surface area (Å²) in [5, 5.41) is 1.38. The molecule has 3 aliphatic rings. The second kappa shape index (κ2) is 7.64. The zero-order valence-corrected chi connectivity index (χ0v) is 17.2. The van der Waals surface area contributed by atoms with Crippen molar-refractivity contribution in [2.75, 3.05) is 44.3 Å². The first kappa shape index (κ1) is 17.8. The third-order valence-electron chi connectivity index (χ3n) is 6.31. The van der Waals surface area contributed by atoms with Crippen LogP contribution in [-0.2, 0) is 24.1 Å². The van der Waals surface area contributed by atoms with E-state index in [1.807, 2.05) is 11.3 Å². The number of morpholine rings is 1. The predicted octanol–water partition coefficient (Wildman–Crippen LogP) is 3.64. The van der Waals surface area contributed by atoms with E-state index < -0.39 is 0 Å². The molecule has 1 atom stereocenters. The summed E-state index contributed by atoms with van der Waals surface area (Å²) >= 11 is 1.94. The van der Waals surface area contributed by atoms with Crippen LogP contribution < -0.4 is 4.90 Å². The Morgan fingerprint density at radius 3 is 2.70 bits per heavy atom. The van der Waals surface area contributed by atoms with E-state index in [0.717, 1.165) is 57.7 Å². The standard InChI is InChI=1S/C21H30N4OS/c1-15-5-6-16-17(13-15)27-21-19(16)20(25-7-3-2-4-8-25)22-18(23-21)14-24-9-11-26-12-10-24/h15H,2-14H2,1H3/t15-/m0/s1. The molecular formula is C21H30N4OS. The Morgan fingerprint density at radius 2 is 1.89 bits per heavy atom. The van der Waals surface area contributed by atoms with Crippen molar-refractivity contribution in [2.45, 2.75) is 52.0 Å². The fraction of sp³-hybridized carbons (Fsp3) is 0.714. The van der Waals surface area contributed by atoms with Gasteiger partial charge < -0.3 is 9.64 Å². The summed E-state index contributed by atoms with van der Waals surface area (Å²) in [4.78, 5) is 18.0. The monoisotopic (exact) mass is 386 g/mol. The number of aromatic nitrogens is 2. The molecule has 0 saturated carbocycles. The molecule has 2 aromatic rings. The molecule has 0 unspecified atom stereocenters. The maximum atomic E-state index is 5.50. The molecule has 0 spiro atoms. The van der Waals surface area contributed by atoms with E-state index in [1.54, 1.807) is 10.4 Å². The molecule has 146 valence electrons. The Balaban J connectivity index is 1.56. The zero-order chi connectivity index (χ0) is 18.2. The van der Waals surface area contributed by atoms with Crippen LogP contribution in [0, 0.1) is 5.92 Å². The third kappa shape index (κ3) is 3.59. The van der Waals surface area contributed by atoms with Gasteiger partial charge in [0.05, 0.1) is 25.1 Å². The van der Waals surface area contributed by atoms with Gasteiger partial charge in [-0.05, 0) is 50.0 Å². The maximum absolute atomic E-state index is 5.50. The van der Waals surface area contributed by atoms with Crippen molar-refractivity contribution in [2.24, 2.45) is 5.92 Å². The number of thiophene rings is 1. The van der Waals surface area contributed by atoms with Crippen LogP contribution in [0.5, 0.6) is 0 Å². The number of ether oxygens (including phenoxy) is 1. The van der Waals surface area contributed by atoms with Gasteiger partial charge in [0, 0.05) is 31.1 Å². The average molecular weight is 387 g/mol. The molecular weight excluding hydrogens is 356 g/mol. The number of aryl methyl sites for hydroxylation is 1. The largest absolute Gasteiger partial charge is 0.379 e. The molecule has 2 fully saturated rings. The molecule has 0 aromatic carbocycles. The number of hydrogen-bond acceptors (Lipinski definition) is 6. The summed E-state index contributed by atoms with van der Waals surface area (Å²) in [5.41, 5.74) is 1.56. The van der Waals surface area contributed by atoms with E-state index in [4.69, 9.17) is 14.7 Å². The summed E-state index contributed by atoms with van der Waals surface area (Å²) in [6.45, 7) is 9.14. The van der Waals surface area contributed by atoms with Gasteiger partial charge in [-0.25, -0.2) is 9.97 Å². The highest BCUT2D eigenvalue weighted by atomic mass is 32.1. The third-order valence-corrected chi connectivity index (χ3v) is 7.45. The second-order valence-corrected chi connectivity index (χ2v) is 9.52. The molecule has 1 aliphatic carbocycles. The van der Waals surface area contributed by atoms with E-state index in [9.17, 15) is 0 Å². The van der Waals surface area contributed by atoms with E-state index in [2.05, 4.69) is 16.7 Å². The normalized spacial score (nSPS) is 24.3. The Hall–Kier alpha value is -1.24. The van der Waals surface area contributed by atoms with E-state index in [-0.39, 0.29) is 0 Å². The SMILES string of the molecule is C[C@H]1CCc2c(sc3nc(CN4CCOCC4)nc(N4CCCCC4)c23)C1. The zero-order valence-electron chi connectivity index (χ0n) is 16.4. The average Bonchev–Trinajstić information content (AvgIpc) is 3.06. The molecule has 27 heavy (non-hydrogen) atoms. The van der Waals surface area contributed by atoms with Crippen LogP contribution in [0.1, 0.15) is 48.9 Å². The van der Waals surface area contributed by atoms with Crippen molar-refractivity contribution < 1.29 is 4.74 Å². The molecule has 4 heterocycles. The molecule has 5 nitrogen and oxygen atoms in total. The number of fused-ring (bicyclic) bond motifs is 3. The van der Waals surface area contributed by atoms with Crippen LogP contribution in [0.25, 0.3) is 10.2 Å². The van der Waals surface area contributed by atoms with Gasteiger partial charge in [0.15, 0.2) is 0 Å². The van der Waals surface area contributed by atoms with Gasteiger partial charge in [-0.3, -0.25) is 4.90 Å². The summed E-state index contributed by atoms with van der Waals surface area (Å²) < 4.78 is 5.50. The molecule has 5 rings (SSSR count). The van der Waals surface area contributed by atoms with Gasteiger partial charge in [-0.15, -0.1) is 11.3 Å². The minimum Gasteiger partial charge on any atom is -0.379 e. The van der Waals surface area contributed by atoms with E-state index in [1.165, 1.54) is 54.6 Å². The van der Waals surface area contributed by atoms with Gasteiger partial charge in [-0.2, -0.15) is 0 Å². The van der Waals surface area contributed by atoms with Crippen LogP contribution in [0.2, 0.25) is 0 Å². The maximum Gasteiger partial charge on any atom is 0.146 e. The quantitative estimate of drug-likeness (QED) is 0.806. The molecule has 2 saturated heterocycles. The smallest absolute Gasteiger partial charge is 0.146 e. The molecule has 0 N–H and O–H groups in total. The summed E-state index contributed by atoms with van der Waals surface area (Å²) in [6, 6.07) is 0. The van der Waals surface area contributed by atoms with Crippen molar-refractivity contribution in [3.8, 4) is 0 Å². The molecule has 0 bridgehead atoms. The second-order valence-electron chi connectivity index (χ2n) is 8.43. The number of rotatable bonds is 3. The fourth-order valence-electron chi connectivity index (χ4n) is 4.73. The van der Waals surface area contributed by atoms with Gasteiger partial charge in [0.25, 0.3) is 0 Å².